The number of nitrogens with zero attached hydrogens (tertiary/aromatic N) is 1. The van der Waals surface area contributed by atoms with Crippen molar-refractivity contribution in [2.45, 2.75) is 31.0 Å². The lowest BCUT2D eigenvalue weighted by atomic mass is 9.84. The molecule has 0 saturated heterocycles. The van der Waals surface area contributed by atoms with Gasteiger partial charge in [0.15, 0.2) is 11.6 Å². The van der Waals surface area contributed by atoms with Gasteiger partial charge in [-0.05, 0) is 48.5 Å². The van der Waals surface area contributed by atoms with Crippen molar-refractivity contribution >= 4 is 27.7 Å². The predicted molar refractivity (Wildman–Crippen MR) is 144 cm³/mol. The van der Waals surface area contributed by atoms with Crippen molar-refractivity contribution in [1.82, 2.24) is 5.32 Å². The molecular formula is C29H27BrF2N2O4. The molecule has 198 valence electrons. The maximum Gasteiger partial charge on any atom is 0.252 e. The zero-order chi connectivity index (χ0) is 27.1. The molecule has 0 unspecified atom stereocenters. The number of halogens is 3. The van der Waals surface area contributed by atoms with Crippen molar-refractivity contribution in [2.75, 3.05) is 13.2 Å². The number of nitrogens with one attached hydrogen (secondary N) is 1. The molecule has 1 aliphatic rings. The summed E-state index contributed by atoms with van der Waals surface area (Å²) in [4.78, 5) is 18.6. The summed E-state index contributed by atoms with van der Waals surface area (Å²) in [5.74, 6) is -0.867. The first-order chi connectivity index (χ1) is 18.4. The summed E-state index contributed by atoms with van der Waals surface area (Å²) in [5, 5.41) is 11.7. The SMILES string of the molecule is C=CC[C@@]1(C(=O)NCc2cc(F)ccc2F)N=C(c2ccc(OCCCO)cc2)O[C@@H]1c1ccccc1Br. The van der Waals surface area contributed by atoms with Gasteiger partial charge in [0.05, 0.1) is 6.61 Å². The minimum atomic E-state index is -1.46. The van der Waals surface area contributed by atoms with Gasteiger partial charge in [-0.3, -0.25) is 4.79 Å². The molecule has 1 heterocycles. The second-order valence-electron chi connectivity index (χ2n) is 8.72. The number of aliphatic hydroxyl groups excluding tert-OH is 1. The highest BCUT2D eigenvalue weighted by Crippen LogP contribution is 2.44. The standard InChI is InChI=1S/C29H27BrF2N2O4/c1-2-14-29(28(36)33-18-20-17-21(31)10-13-25(20)32)26(23-6-3-4-7-24(23)30)38-27(34-29)19-8-11-22(12-9-19)37-16-5-15-35/h2-4,6-13,17,26,35H,1,5,14-16,18H2,(H,33,36)/t26-,29-/m1/s1. The number of carbonyl (C=O) groups excluding carboxylic acids is 1. The number of hydrogen-bond donors (Lipinski definition) is 2. The Morgan fingerprint density at radius 2 is 1.95 bits per heavy atom. The number of hydrogen-bond acceptors (Lipinski definition) is 5. The van der Waals surface area contributed by atoms with Crippen molar-refractivity contribution in [2.24, 2.45) is 4.99 Å². The maximum atomic E-state index is 14.2. The van der Waals surface area contributed by atoms with Crippen molar-refractivity contribution in [3.8, 4) is 5.75 Å². The van der Waals surface area contributed by atoms with Crippen molar-refractivity contribution in [3.05, 3.63) is 112 Å². The molecule has 0 bridgehead atoms. The van der Waals surface area contributed by atoms with Crippen LogP contribution in [0.15, 0.2) is 88.9 Å². The highest BCUT2D eigenvalue weighted by molar-refractivity contribution is 9.10. The number of amides is 1. The highest BCUT2D eigenvalue weighted by Gasteiger charge is 2.52. The third-order valence-electron chi connectivity index (χ3n) is 6.12. The van der Waals surface area contributed by atoms with E-state index in [1.54, 1.807) is 30.3 Å². The van der Waals surface area contributed by atoms with Crippen LogP contribution in [0.2, 0.25) is 0 Å². The van der Waals surface area contributed by atoms with E-state index in [0.29, 0.717) is 29.9 Å². The molecule has 0 saturated carbocycles. The zero-order valence-corrected chi connectivity index (χ0v) is 22.1. The van der Waals surface area contributed by atoms with E-state index >= 15 is 0 Å². The van der Waals surface area contributed by atoms with E-state index < -0.39 is 29.2 Å². The molecule has 3 aromatic rings. The molecule has 1 amide bonds. The summed E-state index contributed by atoms with van der Waals surface area (Å²) in [6.07, 6.45) is 1.40. The number of rotatable bonds is 11. The molecule has 2 N–H and O–H groups in total. The lowest BCUT2D eigenvalue weighted by Gasteiger charge is -2.30. The Morgan fingerprint density at radius 1 is 1.18 bits per heavy atom. The number of carbonyl (C=O) groups is 1. The Hall–Kier alpha value is -3.56. The van der Waals surface area contributed by atoms with Gasteiger partial charge in [-0.1, -0.05) is 40.2 Å². The second-order valence-corrected chi connectivity index (χ2v) is 9.58. The first-order valence-electron chi connectivity index (χ1n) is 12.1. The Kier molecular flexibility index (Phi) is 8.91. The number of ether oxygens (including phenoxy) is 2. The molecule has 0 aromatic heterocycles. The van der Waals surface area contributed by atoms with E-state index in [2.05, 4.69) is 27.8 Å². The Morgan fingerprint density at radius 3 is 2.66 bits per heavy atom. The number of aliphatic hydroxyl groups is 1. The van der Waals surface area contributed by atoms with E-state index in [1.165, 1.54) is 0 Å². The quantitative estimate of drug-likeness (QED) is 0.226. The predicted octanol–water partition coefficient (Wildman–Crippen LogP) is 5.64. The van der Waals surface area contributed by atoms with Crippen LogP contribution in [0.5, 0.6) is 5.75 Å². The monoisotopic (exact) mass is 584 g/mol. The Balaban J connectivity index is 1.69. The Bertz CT molecular complexity index is 1330. The fourth-order valence-corrected chi connectivity index (χ4v) is 4.70. The lowest BCUT2D eigenvalue weighted by Crippen LogP contribution is -2.48. The molecule has 3 aromatic carbocycles. The van der Waals surface area contributed by atoms with E-state index in [0.717, 1.165) is 22.7 Å². The smallest absolute Gasteiger partial charge is 0.252 e. The van der Waals surface area contributed by atoms with Crippen LogP contribution < -0.4 is 10.1 Å². The van der Waals surface area contributed by atoms with E-state index in [1.807, 2.05) is 24.3 Å². The minimum Gasteiger partial charge on any atom is -0.494 e. The number of aliphatic imine (C=N–C) groups is 1. The molecule has 6 nitrogen and oxygen atoms in total. The van der Waals surface area contributed by atoms with Gasteiger partial charge in [-0.2, -0.15) is 0 Å². The van der Waals surface area contributed by atoms with Crippen LogP contribution in [0.1, 0.15) is 35.6 Å². The summed E-state index contributed by atoms with van der Waals surface area (Å²) in [7, 11) is 0. The summed E-state index contributed by atoms with van der Waals surface area (Å²) < 4.78 is 40.6. The fourth-order valence-electron chi connectivity index (χ4n) is 4.21. The first kappa shape index (κ1) is 27.5. The maximum absolute atomic E-state index is 14.2. The molecule has 9 heteroatoms. The minimum absolute atomic E-state index is 0.0180. The Labute approximate surface area is 228 Å². The summed E-state index contributed by atoms with van der Waals surface area (Å²) in [6.45, 7) is 4.02. The van der Waals surface area contributed by atoms with Gasteiger partial charge in [0.25, 0.3) is 5.91 Å². The van der Waals surface area contributed by atoms with Gasteiger partial charge in [0, 0.05) is 47.2 Å². The third-order valence-corrected chi connectivity index (χ3v) is 6.84. The highest BCUT2D eigenvalue weighted by atomic mass is 79.9. The number of benzene rings is 3. The van der Waals surface area contributed by atoms with Crippen LogP contribution >= 0.6 is 15.9 Å². The van der Waals surface area contributed by atoms with Gasteiger partial charge in [-0.15, -0.1) is 6.58 Å². The molecule has 2 atom stereocenters. The average Bonchev–Trinajstić information content (AvgIpc) is 3.30. The van der Waals surface area contributed by atoms with Crippen molar-refractivity contribution in [3.63, 3.8) is 0 Å². The third kappa shape index (κ3) is 5.95. The normalized spacial score (nSPS) is 18.4. The summed E-state index contributed by atoms with van der Waals surface area (Å²) in [5.41, 5.74) is -0.110. The van der Waals surface area contributed by atoms with Gasteiger partial charge >= 0.3 is 0 Å². The lowest BCUT2D eigenvalue weighted by molar-refractivity contribution is -0.129. The molecule has 0 aliphatic carbocycles. The molecule has 0 spiro atoms. The van der Waals surface area contributed by atoms with Gasteiger partial charge in [-0.25, -0.2) is 13.8 Å². The molecule has 4 rings (SSSR count). The summed E-state index contributed by atoms with van der Waals surface area (Å²) in [6, 6.07) is 17.5. The van der Waals surface area contributed by atoms with Crippen LogP contribution in [-0.2, 0) is 16.1 Å². The van der Waals surface area contributed by atoms with Crippen LogP contribution in [-0.4, -0.2) is 35.7 Å². The molecular weight excluding hydrogens is 558 g/mol. The summed E-state index contributed by atoms with van der Waals surface area (Å²) >= 11 is 3.55. The van der Waals surface area contributed by atoms with Crippen molar-refractivity contribution < 1.29 is 28.2 Å². The first-order valence-corrected chi connectivity index (χ1v) is 12.9. The van der Waals surface area contributed by atoms with E-state index in [4.69, 9.17) is 19.6 Å². The van der Waals surface area contributed by atoms with Gasteiger partial charge < -0.3 is 19.9 Å². The second kappa shape index (κ2) is 12.3. The largest absolute Gasteiger partial charge is 0.494 e. The van der Waals surface area contributed by atoms with E-state index in [9.17, 15) is 13.6 Å². The molecule has 1 aliphatic heterocycles. The zero-order valence-electron chi connectivity index (χ0n) is 20.5. The molecule has 38 heavy (non-hydrogen) atoms. The average molecular weight is 585 g/mol. The van der Waals surface area contributed by atoms with Gasteiger partial charge in [0.1, 0.15) is 17.4 Å². The van der Waals surface area contributed by atoms with Crippen LogP contribution in [0, 0.1) is 11.6 Å². The van der Waals surface area contributed by atoms with Gasteiger partial charge in [0.2, 0.25) is 5.90 Å². The van der Waals surface area contributed by atoms with Crippen LogP contribution in [0.25, 0.3) is 0 Å². The molecule has 0 radical (unpaired) electrons. The topological polar surface area (TPSA) is 80.2 Å². The van der Waals surface area contributed by atoms with E-state index in [-0.39, 0.29) is 31.0 Å². The molecule has 0 fully saturated rings. The fraction of sp³-hybridized carbons (Fsp3) is 0.241. The van der Waals surface area contributed by atoms with Crippen LogP contribution in [0.3, 0.4) is 0 Å². The van der Waals surface area contributed by atoms with Crippen LogP contribution in [0.4, 0.5) is 8.78 Å². The van der Waals surface area contributed by atoms with Crippen molar-refractivity contribution in [1.29, 1.82) is 0 Å².